The Morgan fingerprint density at radius 2 is 1.95 bits per heavy atom. The molecule has 2 aromatic rings. The van der Waals surface area contributed by atoms with Crippen molar-refractivity contribution in [2.45, 2.75) is 46.3 Å². The molecule has 2 aromatic heterocycles. The molecule has 0 spiro atoms. The molecule has 5 nitrogen and oxygen atoms in total. The largest absolute Gasteiger partial charge is 0.465 e. The third kappa shape index (κ3) is 2.42. The van der Waals surface area contributed by atoms with Gasteiger partial charge in [-0.15, -0.1) is 10.2 Å². The van der Waals surface area contributed by atoms with Gasteiger partial charge in [0.1, 0.15) is 23.2 Å². The van der Waals surface area contributed by atoms with Gasteiger partial charge in [-0.1, -0.05) is 13.8 Å². The van der Waals surface area contributed by atoms with Gasteiger partial charge in [-0.2, -0.15) is 0 Å². The highest BCUT2D eigenvalue weighted by Crippen LogP contribution is 2.17. The van der Waals surface area contributed by atoms with E-state index in [1.54, 1.807) is 0 Å². The second-order valence-electron chi connectivity index (χ2n) is 4.97. The standard InChI is InChI=1S/C14H20N4O/c1-3-11-5-6-12(19-11)9-17-7-8-18-13(4-2)15-16-14(18)10-17/h5-6H,3-4,7-10H2,1-2H3. The molecular formula is C14H20N4O. The summed E-state index contributed by atoms with van der Waals surface area (Å²) in [5.41, 5.74) is 0. The molecule has 19 heavy (non-hydrogen) atoms. The Bertz CT molecular complexity index is 558. The summed E-state index contributed by atoms with van der Waals surface area (Å²) in [6.45, 7) is 7.95. The molecule has 0 unspecified atom stereocenters. The SMILES string of the molecule is CCc1ccc(CN2CCn3c(CC)nnc3C2)o1. The van der Waals surface area contributed by atoms with Crippen molar-refractivity contribution in [1.82, 2.24) is 19.7 Å². The Balaban J connectivity index is 1.68. The minimum absolute atomic E-state index is 0.855. The van der Waals surface area contributed by atoms with Gasteiger partial charge in [0.25, 0.3) is 0 Å². The van der Waals surface area contributed by atoms with Crippen molar-refractivity contribution in [3.63, 3.8) is 0 Å². The van der Waals surface area contributed by atoms with E-state index in [1.807, 2.05) is 0 Å². The highest BCUT2D eigenvalue weighted by atomic mass is 16.3. The maximum absolute atomic E-state index is 5.77. The number of hydrogen-bond acceptors (Lipinski definition) is 4. The fraction of sp³-hybridized carbons (Fsp3) is 0.571. The van der Waals surface area contributed by atoms with Gasteiger partial charge in [0.2, 0.25) is 0 Å². The quantitative estimate of drug-likeness (QED) is 0.843. The van der Waals surface area contributed by atoms with Gasteiger partial charge in [-0.25, -0.2) is 0 Å². The van der Waals surface area contributed by atoms with E-state index in [4.69, 9.17) is 4.42 Å². The van der Waals surface area contributed by atoms with Gasteiger partial charge in [0.15, 0.2) is 0 Å². The molecule has 0 fully saturated rings. The zero-order valence-electron chi connectivity index (χ0n) is 11.6. The third-order valence-electron chi connectivity index (χ3n) is 3.67. The number of rotatable bonds is 4. The number of furan rings is 1. The molecule has 0 aliphatic carbocycles. The van der Waals surface area contributed by atoms with Crippen molar-refractivity contribution in [2.75, 3.05) is 6.54 Å². The van der Waals surface area contributed by atoms with Gasteiger partial charge in [0, 0.05) is 25.9 Å². The summed E-state index contributed by atoms with van der Waals surface area (Å²) in [4.78, 5) is 2.36. The maximum Gasteiger partial charge on any atom is 0.147 e. The average molecular weight is 260 g/mol. The molecule has 0 amide bonds. The van der Waals surface area contributed by atoms with E-state index in [0.29, 0.717) is 0 Å². The van der Waals surface area contributed by atoms with Crippen LogP contribution in [0, 0.1) is 0 Å². The lowest BCUT2D eigenvalue weighted by Crippen LogP contribution is -2.33. The summed E-state index contributed by atoms with van der Waals surface area (Å²) >= 11 is 0. The molecule has 0 radical (unpaired) electrons. The number of fused-ring (bicyclic) bond motifs is 1. The molecule has 3 rings (SSSR count). The second-order valence-corrected chi connectivity index (χ2v) is 4.97. The summed E-state index contributed by atoms with van der Waals surface area (Å²) in [5.74, 6) is 4.27. The first-order chi connectivity index (χ1) is 9.30. The summed E-state index contributed by atoms with van der Waals surface area (Å²) in [5, 5.41) is 8.52. The smallest absolute Gasteiger partial charge is 0.147 e. The molecule has 1 aliphatic heterocycles. The monoisotopic (exact) mass is 260 g/mol. The Morgan fingerprint density at radius 1 is 1.11 bits per heavy atom. The van der Waals surface area contributed by atoms with Crippen LogP contribution in [0.3, 0.4) is 0 Å². The fourth-order valence-electron chi connectivity index (χ4n) is 2.58. The molecule has 102 valence electrons. The van der Waals surface area contributed by atoms with E-state index in [2.05, 4.69) is 45.6 Å². The van der Waals surface area contributed by atoms with Crippen LogP contribution in [0.15, 0.2) is 16.5 Å². The molecule has 0 N–H and O–H groups in total. The first kappa shape index (κ1) is 12.4. The molecule has 1 aliphatic rings. The Morgan fingerprint density at radius 3 is 2.68 bits per heavy atom. The Hall–Kier alpha value is -1.62. The van der Waals surface area contributed by atoms with Crippen molar-refractivity contribution in [3.05, 3.63) is 35.3 Å². The van der Waals surface area contributed by atoms with Crippen molar-refractivity contribution < 1.29 is 4.42 Å². The van der Waals surface area contributed by atoms with Crippen molar-refractivity contribution >= 4 is 0 Å². The van der Waals surface area contributed by atoms with Gasteiger partial charge in [-0.3, -0.25) is 4.90 Å². The lowest BCUT2D eigenvalue weighted by molar-refractivity contribution is 0.191. The summed E-state index contributed by atoms with van der Waals surface area (Å²) in [6.07, 6.45) is 1.90. The number of aryl methyl sites for hydroxylation is 2. The van der Waals surface area contributed by atoms with Gasteiger partial charge < -0.3 is 8.98 Å². The van der Waals surface area contributed by atoms with Crippen LogP contribution in [0.25, 0.3) is 0 Å². The van der Waals surface area contributed by atoms with E-state index in [0.717, 1.165) is 62.2 Å². The van der Waals surface area contributed by atoms with Crippen LogP contribution >= 0.6 is 0 Å². The third-order valence-corrected chi connectivity index (χ3v) is 3.67. The van der Waals surface area contributed by atoms with Crippen LogP contribution in [0.1, 0.15) is 37.0 Å². The first-order valence-electron chi connectivity index (χ1n) is 7.01. The van der Waals surface area contributed by atoms with Crippen LogP contribution < -0.4 is 0 Å². The van der Waals surface area contributed by atoms with E-state index in [-0.39, 0.29) is 0 Å². The highest BCUT2D eigenvalue weighted by molar-refractivity contribution is 5.07. The summed E-state index contributed by atoms with van der Waals surface area (Å²) in [6, 6.07) is 4.15. The Kier molecular flexibility index (Phi) is 3.38. The molecule has 3 heterocycles. The highest BCUT2D eigenvalue weighted by Gasteiger charge is 2.21. The molecule has 0 saturated heterocycles. The number of hydrogen-bond donors (Lipinski definition) is 0. The van der Waals surface area contributed by atoms with E-state index in [1.165, 1.54) is 0 Å². The molecular weight excluding hydrogens is 240 g/mol. The van der Waals surface area contributed by atoms with E-state index in [9.17, 15) is 0 Å². The zero-order valence-corrected chi connectivity index (χ0v) is 11.6. The summed E-state index contributed by atoms with van der Waals surface area (Å²) in [7, 11) is 0. The van der Waals surface area contributed by atoms with Crippen molar-refractivity contribution in [1.29, 1.82) is 0 Å². The molecule has 0 saturated carbocycles. The van der Waals surface area contributed by atoms with Crippen molar-refractivity contribution in [3.8, 4) is 0 Å². The molecule has 0 atom stereocenters. The molecule has 5 heteroatoms. The van der Waals surface area contributed by atoms with Gasteiger partial charge in [-0.05, 0) is 12.1 Å². The molecule has 0 aromatic carbocycles. The normalized spacial score (nSPS) is 15.7. The number of aromatic nitrogens is 3. The van der Waals surface area contributed by atoms with Crippen LogP contribution in [0.4, 0.5) is 0 Å². The lowest BCUT2D eigenvalue weighted by Gasteiger charge is -2.26. The van der Waals surface area contributed by atoms with Gasteiger partial charge in [0.05, 0.1) is 13.1 Å². The first-order valence-corrected chi connectivity index (χ1v) is 7.01. The van der Waals surface area contributed by atoms with Crippen LogP contribution in [-0.4, -0.2) is 26.2 Å². The van der Waals surface area contributed by atoms with Crippen LogP contribution in [-0.2, 0) is 32.5 Å². The minimum Gasteiger partial charge on any atom is -0.465 e. The predicted molar refractivity (Wildman–Crippen MR) is 71.6 cm³/mol. The van der Waals surface area contributed by atoms with Gasteiger partial charge >= 0.3 is 0 Å². The topological polar surface area (TPSA) is 47.1 Å². The Labute approximate surface area is 113 Å². The summed E-state index contributed by atoms with van der Waals surface area (Å²) < 4.78 is 8.01. The lowest BCUT2D eigenvalue weighted by atomic mass is 10.3. The van der Waals surface area contributed by atoms with Crippen LogP contribution in [0.2, 0.25) is 0 Å². The average Bonchev–Trinajstić information content (AvgIpc) is 3.04. The maximum atomic E-state index is 5.77. The van der Waals surface area contributed by atoms with E-state index < -0.39 is 0 Å². The van der Waals surface area contributed by atoms with Crippen LogP contribution in [0.5, 0.6) is 0 Å². The van der Waals surface area contributed by atoms with Crippen molar-refractivity contribution in [2.24, 2.45) is 0 Å². The van der Waals surface area contributed by atoms with E-state index >= 15 is 0 Å². The zero-order chi connectivity index (χ0) is 13.2. The minimum atomic E-state index is 0.855. The second kappa shape index (κ2) is 5.17. The number of nitrogens with zero attached hydrogens (tertiary/aromatic N) is 4. The predicted octanol–water partition coefficient (Wildman–Crippen LogP) is 2.01. The molecule has 0 bridgehead atoms. The fourth-order valence-corrected chi connectivity index (χ4v) is 2.58.